The Kier molecular flexibility index (Phi) is 4.78. The topological polar surface area (TPSA) is 39.5 Å². The van der Waals surface area contributed by atoms with Crippen LogP contribution in [0.15, 0.2) is 0 Å². The summed E-state index contributed by atoms with van der Waals surface area (Å²) in [6.07, 6.45) is 3.63. The molecular formula is C13H23N3O. The van der Waals surface area contributed by atoms with Gasteiger partial charge in [0.15, 0.2) is 0 Å². The zero-order chi connectivity index (χ0) is 12.1. The van der Waals surface area contributed by atoms with Crippen LogP contribution in [0.5, 0.6) is 0 Å². The van der Waals surface area contributed by atoms with E-state index in [1.165, 1.54) is 19.4 Å². The number of ether oxygens (including phenoxy) is 1. The lowest BCUT2D eigenvalue weighted by Crippen LogP contribution is -2.47. The Morgan fingerprint density at radius 2 is 2.18 bits per heavy atom. The Morgan fingerprint density at radius 3 is 2.88 bits per heavy atom. The fourth-order valence-electron chi connectivity index (χ4n) is 2.98. The summed E-state index contributed by atoms with van der Waals surface area (Å²) in [6.45, 7) is 6.33. The van der Waals surface area contributed by atoms with Crippen molar-refractivity contribution in [2.45, 2.75) is 25.3 Å². The van der Waals surface area contributed by atoms with Crippen LogP contribution in [0.2, 0.25) is 0 Å². The molecule has 0 N–H and O–H groups in total. The fraction of sp³-hybridized carbons (Fsp3) is 0.923. The van der Waals surface area contributed by atoms with Crippen LogP contribution in [-0.2, 0) is 4.74 Å². The first-order valence-corrected chi connectivity index (χ1v) is 6.68. The van der Waals surface area contributed by atoms with Gasteiger partial charge in [0.1, 0.15) is 0 Å². The van der Waals surface area contributed by atoms with Crippen molar-refractivity contribution in [2.24, 2.45) is 5.92 Å². The van der Waals surface area contributed by atoms with E-state index in [9.17, 15) is 0 Å². The molecule has 2 heterocycles. The molecule has 0 amide bonds. The maximum Gasteiger partial charge on any atom is 0.0669 e. The molecule has 2 atom stereocenters. The molecule has 2 saturated heterocycles. The fourth-order valence-corrected chi connectivity index (χ4v) is 2.98. The lowest BCUT2D eigenvalue weighted by atomic mass is 10.0. The molecular weight excluding hydrogens is 214 g/mol. The van der Waals surface area contributed by atoms with E-state index in [1.54, 1.807) is 7.11 Å². The number of methoxy groups -OCH3 is 1. The van der Waals surface area contributed by atoms with Crippen LogP contribution in [-0.4, -0.2) is 62.3 Å². The van der Waals surface area contributed by atoms with Gasteiger partial charge in [0, 0.05) is 32.8 Å². The van der Waals surface area contributed by atoms with Gasteiger partial charge in [-0.15, -0.1) is 0 Å². The van der Waals surface area contributed by atoms with Crippen LogP contribution in [0.25, 0.3) is 0 Å². The quantitative estimate of drug-likeness (QED) is 0.729. The van der Waals surface area contributed by atoms with E-state index in [0.29, 0.717) is 6.04 Å². The minimum Gasteiger partial charge on any atom is -0.383 e. The molecule has 0 aromatic rings. The Hall–Kier alpha value is -0.630. The summed E-state index contributed by atoms with van der Waals surface area (Å²) in [5.41, 5.74) is 0. The van der Waals surface area contributed by atoms with Crippen LogP contribution in [0.1, 0.15) is 19.3 Å². The zero-order valence-electron chi connectivity index (χ0n) is 10.8. The molecule has 2 aliphatic rings. The van der Waals surface area contributed by atoms with Crippen molar-refractivity contribution in [3.8, 4) is 6.07 Å². The molecule has 4 nitrogen and oxygen atoms in total. The normalized spacial score (nSPS) is 31.5. The minimum absolute atomic E-state index is 0.268. The molecule has 0 spiro atoms. The number of nitrogens with zero attached hydrogens (tertiary/aromatic N) is 3. The number of rotatable bonds is 4. The molecule has 0 bridgehead atoms. The molecule has 17 heavy (non-hydrogen) atoms. The van der Waals surface area contributed by atoms with Crippen LogP contribution in [0, 0.1) is 17.2 Å². The van der Waals surface area contributed by atoms with Crippen molar-refractivity contribution in [1.29, 1.82) is 5.26 Å². The summed E-state index contributed by atoms with van der Waals surface area (Å²) in [7, 11) is 1.76. The molecule has 2 rings (SSSR count). The summed E-state index contributed by atoms with van der Waals surface area (Å²) in [4.78, 5) is 5.02. The van der Waals surface area contributed by atoms with Crippen molar-refractivity contribution in [3.05, 3.63) is 0 Å². The minimum atomic E-state index is 0.268. The van der Waals surface area contributed by atoms with E-state index in [2.05, 4.69) is 15.9 Å². The van der Waals surface area contributed by atoms with Crippen molar-refractivity contribution in [3.63, 3.8) is 0 Å². The predicted octanol–water partition coefficient (Wildman–Crippen LogP) is 0.943. The van der Waals surface area contributed by atoms with Gasteiger partial charge in [-0.1, -0.05) is 0 Å². The molecule has 2 aliphatic heterocycles. The highest BCUT2D eigenvalue weighted by Crippen LogP contribution is 2.23. The summed E-state index contributed by atoms with van der Waals surface area (Å²) >= 11 is 0. The molecule has 0 aliphatic carbocycles. The lowest BCUT2D eigenvalue weighted by molar-refractivity contribution is 0.0861. The molecule has 0 aromatic heterocycles. The molecule has 0 aromatic carbocycles. The van der Waals surface area contributed by atoms with Gasteiger partial charge in [0.2, 0.25) is 0 Å². The zero-order valence-corrected chi connectivity index (χ0v) is 10.8. The molecule has 2 unspecified atom stereocenters. The van der Waals surface area contributed by atoms with Crippen LogP contribution >= 0.6 is 0 Å². The predicted molar refractivity (Wildman–Crippen MR) is 66.6 cm³/mol. The average molecular weight is 237 g/mol. The van der Waals surface area contributed by atoms with Gasteiger partial charge in [-0.05, 0) is 32.4 Å². The van der Waals surface area contributed by atoms with Crippen molar-refractivity contribution in [2.75, 3.05) is 46.4 Å². The SMILES string of the molecule is COCCN1CCCC(N2CCC(C#N)C2)C1. The number of hydrogen-bond acceptors (Lipinski definition) is 4. The van der Waals surface area contributed by atoms with Crippen LogP contribution < -0.4 is 0 Å². The summed E-state index contributed by atoms with van der Waals surface area (Å²) in [6, 6.07) is 3.07. The Balaban J connectivity index is 1.79. The van der Waals surface area contributed by atoms with Crippen LogP contribution in [0.4, 0.5) is 0 Å². The van der Waals surface area contributed by atoms with Crippen LogP contribution in [0.3, 0.4) is 0 Å². The third-order valence-electron chi connectivity index (χ3n) is 4.01. The first-order valence-electron chi connectivity index (χ1n) is 6.68. The number of hydrogen-bond donors (Lipinski definition) is 0. The van der Waals surface area contributed by atoms with E-state index in [4.69, 9.17) is 10.00 Å². The van der Waals surface area contributed by atoms with E-state index in [-0.39, 0.29) is 5.92 Å². The molecule has 0 saturated carbocycles. The van der Waals surface area contributed by atoms with Crippen molar-refractivity contribution in [1.82, 2.24) is 9.80 Å². The maximum atomic E-state index is 8.95. The number of likely N-dealkylation sites (tertiary alicyclic amines) is 2. The Bertz CT molecular complexity index is 276. The summed E-state index contributed by atoms with van der Waals surface area (Å²) in [5, 5.41) is 8.95. The molecule has 0 radical (unpaired) electrons. The molecule has 4 heteroatoms. The molecule has 2 fully saturated rings. The van der Waals surface area contributed by atoms with Gasteiger partial charge >= 0.3 is 0 Å². The van der Waals surface area contributed by atoms with Gasteiger partial charge in [0.05, 0.1) is 18.6 Å². The number of piperidine rings is 1. The monoisotopic (exact) mass is 237 g/mol. The first kappa shape index (κ1) is 12.8. The smallest absolute Gasteiger partial charge is 0.0669 e. The average Bonchev–Trinajstić information content (AvgIpc) is 2.85. The third kappa shape index (κ3) is 3.41. The van der Waals surface area contributed by atoms with Gasteiger partial charge in [-0.3, -0.25) is 9.80 Å². The van der Waals surface area contributed by atoms with E-state index in [1.807, 2.05) is 0 Å². The Labute approximate surface area is 104 Å². The highest BCUT2D eigenvalue weighted by Gasteiger charge is 2.30. The maximum absolute atomic E-state index is 8.95. The van der Waals surface area contributed by atoms with E-state index >= 15 is 0 Å². The van der Waals surface area contributed by atoms with Gasteiger partial charge in [0.25, 0.3) is 0 Å². The van der Waals surface area contributed by atoms with Crippen molar-refractivity contribution >= 4 is 0 Å². The highest BCUT2D eigenvalue weighted by molar-refractivity contribution is 4.94. The second-order valence-corrected chi connectivity index (χ2v) is 5.20. The largest absolute Gasteiger partial charge is 0.383 e. The summed E-state index contributed by atoms with van der Waals surface area (Å²) in [5.74, 6) is 0.268. The van der Waals surface area contributed by atoms with Gasteiger partial charge in [-0.2, -0.15) is 5.26 Å². The van der Waals surface area contributed by atoms with Gasteiger partial charge in [-0.25, -0.2) is 0 Å². The van der Waals surface area contributed by atoms with E-state index < -0.39 is 0 Å². The number of nitriles is 1. The lowest BCUT2D eigenvalue weighted by Gasteiger charge is -2.37. The standard InChI is InChI=1S/C13H23N3O/c1-17-8-7-15-5-2-3-13(11-15)16-6-4-12(9-14)10-16/h12-13H,2-8,10-11H2,1H3. The highest BCUT2D eigenvalue weighted by atomic mass is 16.5. The summed E-state index contributed by atoms with van der Waals surface area (Å²) < 4.78 is 5.14. The third-order valence-corrected chi connectivity index (χ3v) is 4.01. The van der Waals surface area contributed by atoms with E-state index in [0.717, 1.165) is 39.2 Å². The second kappa shape index (κ2) is 6.34. The van der Waals surface area contributed by atoms with Gasteiger partial charge < -0.3 is 4.74 Å². The second-order valence-electron chi connectivity index (χ2n) is 5.20. The molecule has 96 valence electrons. The van der Waals surface area contributed by atoms with Crippen molar-refractivity contribution < 1.29 is 4.74 Å². The first-order chi connectivity index (χ1) is 8.33. The Morgan fingerprint density at radius 1 is 1.29 bits per heavy atom.